The molecule has 3 fully saturated rings. The number of imide groups is 2. The van der Waals surface area contributed by atoms with Crippen LogP contribution < -0.4 is 16.0 Å². The number of hydrogen-bond acceptors (Lipinski definition) is 6. The lowest BCUT2D eigenvalue weighted by Crippen LogP contribution is -2.54. The third-order valence-corrected chi connectivity index (χ3v) is 6.55. The predicted molar refractivity (Wildman–Crippen MR) is 98.3 cm³/mol. The molecule has 1 spiro atoms. The number of rotatable bonds is 4. The van der Waals surface area contributed by atoms with E-state index in [1.165, 1.54) is 12.8 Å². The van der Waals surface area contributed by atoms with Gasteiger partial charge < -0.3 is 10.6 Å². The summed E-state index contributed by atoms with van der Waals surface area (Å²) in [5.41, 5.74) is 1.82. The third-order valence-electron chi connectivity index (χ3n) is 6.55. The molecule has 0 radical (unpaired) electrons. The maximum absolute atomic E-state index is 13.1. The summed E-state index contributed by atoms with van der Waals surface area (Å²) in [5, 5.41) is 9.20. The monoisotopic (exact) mass is 382 g/mol. The highest BCUT2D eigenvalue weighted by molar-refractivity contribution is 6.24. The molecule has 3 heterocycles. The fourth-order valence-electron chi connectivity index (χ4n) is 4.75. The second-order valence-corrected chi connectivity index (χ2v) is 8.21. The number of carbonyl (C=O) groups excluding carboxylic acids is 4. The van der Waals surface area contributed by atoms with E-state index in [-0.39, 0.29) is 18.7 Å². The van der Waals surface area contributed by atoms with E-state index in [4.69, 9.17) is 0 Å². The second-order valence-electron chi connectivity index (χ2n) is 8.21. The van der Waals surface area contributed by atoms with Gasteiger partial charge in [-0.05, 0) is 36.3 Å². The van der Waals surface area contributed by atoms with Crippen molar-refractivity contribution in [1.82, 2.24) is 20.9 Å². The van der Waals surface area contributed by atoms with Gasteiger partial charge in [-0.2, -0.15) is 0 Å². The number of nitrogens with one attached hydrogen (secondary N) is 3. The van der Waals surface area contributed by atoms with Crippen LogP contribution in [0.25, 0.3) is 0 Å². The summed E-state index contributed by atoms with van der Waals surface area (Å²) in [6.45, 7) is 2.43. The molecule has 2 saturated heterocycles. The van der Waals surface area contributed by atoms with Gasteiger partial charge in [0.1, 0.15) is 6.04 Å². The molecule has 1 aromatic carbocycles. The Bertz CT molecular complexity index is 907. The first-order chi connectivity index (χ1) is 13.5. The van der Waals surface area contributed by atoms with Gasteiger partial charge in [0.25, 0.3) is 11.8 Å². The molecular formula is C20H22N4O4. The molecular weight excluding hydrogens is 360 g/mol. The number of fused-ring (bicyclic) bond motifs is 1. The largest absolute Gasteiger partial charge is 0.315 e. The summed E-state index contributed by atoms with van der Waals surface area (Å²) in [6, 6.07) is 4.69. The lowest BCUT2D eigenvalue weighted by atomic mass is 9.99. The summed E-state index contributed by atoms with van der Waals surface area (Å²) in [6.07, 6.45) is 2.71. The highest BCUT2D eigenvalue weighted by Gasteiger charge is 2.52. The van der Waals surface area contributed by atoms with Crippen molar-refractivity contribution in [1.29, 1.82) is 0 Å². The molecule has 4 amide bonds. The minimum absolute atomic E-state index is 0.120. The first-order valence-corrected chi connectivity index (χ1v) is 9.78. The third kappa shape index (κ3) is 2.59. The van der Waals surface area contributed by atoms with Crippen molar-refractivity contribution in [3.8, 4) is 0 Å². The van der Waals surface area contributed by atoms with Gasteiger partial charge in [-0.15, -0.1) is 0 Å². The van der Waals surface area contributed by atoms with Crippen LogP contribution in [0.2, 0.25) is 0 Å². The molecule has 1 aromatic rings. The molecule has 4 aliphatic rings. The number of piperidine rings is 1. The Morgan fingerprint density at radius 3 is 2.71 bits per heavy atom. The first-order valence-electron chi connectivity index (χ1n) is 9.78. The van der Waals surface area contributed by atoms with Crippen molar-refractivity contribution in [3.63, 3.8) is 0 Å². The molecule has 28 heavy (non-hydrogen) atoms. The van der Waals surface area contributed by atoms with Gasteiger partial charge in [0.15, 0.2) is 0 Å². The van der Waals surface area contributed by atoms with Crippen molar-refractivity contribution in [2.45, 2.75) is 44.3 Å². The SMILES string of the molecule is O=C1CCC(N2C(=O)c3cccc(CNC4CNCC45CC5)c3C2=O)C(=O)N1. The van der Waals surface area contributed by atoms with Gasteiger partial charge in [-0.3, -0.25) is 29.4 Å². The number of benzene rings is 1. The second kappa shape index (κ2) is 6.22. The number of carbonyl (C=O) groups is 4. The average molecular weight is 382 g/mol. The van der Waals surface area contributed by atoms with E-state index in [9.17, 15) is 19.2 Å². The molecule has 3 aliphatic heterocycles. The molecule has 1 aliphatic carbocycles. The normalized spacial score (nSPS) is 28.1. The zero-order chi connectivity index (χ0) is 19.5. The Labute approximate surface area is 162 Å². The Hall–Kier alpha value is -2.58. The van der Waals surface area contributed by atoms with E-state index in [1.54, 1.807) is 12.1 Å². The van der Waals surface area contributed by atoms with Crippen LogP contribution in [0.5, 0.6) is 0 Å². The smallest absolute Gasteiger partial charge is 0.262 e. The van der Waals surface area contributed by atoms with Crippen LogP contribution in [0.15, 0.2) is 18.2 Å². The van der Waals surface area contributed by atoms with Crippen LogP contribution in [-0.2, 0) is 16.1 Å². The minimum atomic E-state index is -0.931. The minimum Gasteiger partial charge on any atom is -0.315 e. The summed E-state index contributed by atoms with van der Waals surface area (Å²) >= 11 is 0. The van der Waals surface area contributed by atoms with E-state index >= 15 is 0 Å². The van der Waals surface area contributed by atoms with Crippen molar-refractivity contribution in [2.75, 3.05) is 13.1 Å². The van der Waals surface area contributed by atoms with Gasteiger partial charge in [0.05, 0.1) is 11.1 Å². The standard InChI is InChI=1S/C20H22N4O4/c25-15-5-4-13(17(26)23-15)24-18(27)12-3-1-2-11(16(12)19(24)28)8-22-14-9-21-10-20(14)6-7-20/h1-3,13-14,21-22H,4-10H2,(H,23,25,26). The highest BCUT2D eigenvalue weighted by atomic mass is 16.2. The molecule has 0 bridgehead atoms. The van der Waals surface area contributed by atoms with E-state index in [1.807, 2.05) is 6.07 Å². The Balaban J connectivity index is 1.39. The van der Waals surface area contributed by atoms with Crippen LogP contribution in [0.3, 0.4) is 0 Å². The molecule has 2 atom stereocenters. The number of amides is 4. The van der Waals surface area contributed by atoms with E-state index in [2.05, 4.69) is 16.0 Å². The van der Waals surface area contributed by atoms with Crippen molar-refractivity contribution in [3.05, 3.63) is 34.9 Å². The maximum atomic E-state index is 13.1. The van der Waals surface area contributed by atoms with Crippen molar-refractivity contribution < 1.29 is 19.2 Å². The van der Waals surface area contributed by atoms with Crippen LogP contribution in [0, 0.1) is 5.41 Å². The summed E-state index contributed by atoms with van der Waals surface area (Å²) in [7, 11) is 0. The van der Waals surface area contributed by atoms with Crippen LogP contribution in [-0.4, -0.2) is 53.7 Å². The molecule has 3 N–H and O–H groups in total. The van der Waals surface area contributed by atoms with Gasteiger partial charge >= 0.3 is 0 Å². The summed E-state index contributed by atoms with van der Waals surface area (Å²) in [4.78, 5) is 50.6. The molecule has 8 nitrogen and oxygen atoms in total. The lowest BCUT2D eigenvalue weighted by Gasteiger charge is -2.27. The molecule has 2 unspecified atom stereocenters. The number of nitrogens with zero attached hydrogens (tertiary/aromatic N) is 1. The summed E-state index contributed by atoms with van der Waals surface area (Å²) in [5.74, 6) is -1.87. The molecule has 146 valence electrons. The zero-order valence-corrected chi connectivity index (χ0v) is 15.4. The van der Waals surface area contributed by atoms with Crippen LogP contribution in [0.4, 0.5) is 0 Å². The van der Waals surface area contributed by atoms with Crippen LogP contribution >= 0.6 is 0 Å². The quantitative estimate of drug-likeness (QED) is 0.630. The van der Waals surface area contributed by atoms with Gasteiger partial charge in [0.2, 0.25) is 11.8 Å². The fourth-order valence-corrected chi connectivity index (χ4v) is 4.75. The average Bonchev–Trinajstić information content (AvgIpc) is 3.27. The topological polar surface area (TPSA) is 108 Å². The van der Waals surface area contributed by atoms with E-state index < -0.39 is 23.8 Å². The molecule has 0 aromatic heterocycles. The van der Waals surface area contributed by atoms with Crippen molar-refractivity contribution in [2.24, 2.45) is 5.41 Å². The van der Waals surface area contributed by atoms with E-state index in [0.717, 1.165) is 23.6 Å². The molecule has 1 saturated carbocycles. The zero-order valence-electron chi connectivity index (χ0n) is 15.4. The first kappa shape index (κ1) is 17.5. The Morgan fingerprint density at radius 2 is 1.96 bits per heavy atom. The van der Waals surface area contributed by atoms with Crippen molar-refractivity contribution >= 4 is 23.6 Å². The van der Waals surface area contributed by atoms with Gasteiger partial charge in [-0.25, -0.2) is 0 Å². The predicted octanol–water partition coefficient (Wildman–Crippen LogP) is -0.0706. The number of hydrogen-bond donors (Lipinski definition) is 3. The fraction of sp³-hybridized carbons (Fsp3) is 0.500. The maximum Gasteiger partial charge on any atom is 0.262 e. The van der Waals surface area contributed by atoms with Gasteiger partial charge in [0, 0.05) is 32.1 Å². The Morgan fingerprint density at radius 1 is 1.14 bits per heavy atom. The summed E-state index contributed by atoms with van der Waals surface area (Å²) < 4.78 is 0. The molecule has 8 heteroatoms. The van der Waals surface area contributed by atoms with E-state index in [0.29, 0.717) is 29.1 Å². The van der Waals surface area contributed by atoms with Gasteiger partial charge in [-0.1, -0.05) is 12.1 Å². The Kier molecular flexibility index (Phi) is 3.89. The lowest BCUT2D eigenvalue weighted by molar-refractivity contribution is -0.136. The highest BCUT2D eigenvalue weighted by Crippen LogP contribution is 2.50. The molecule has 5 rings (SSSR count). The van der Waals surface area contributed by atoms with Crippen LogP contribution in [0.1, 0.15) is 52.0 Å².